The summed E-state index contributed by atoms with van der Waals surface area (Å²) in [5, 5.41) is 5.00. The average Bonchev–Trinajstić information content (AvgIpc) is 3.37. The molecule has 0 aliphatic carbocycles. The van der Waals surface area contributed by atoms with Crippen LogP contribution in [0.2, 0.25) is 0 Å². The smallest absolute Gasteiger partial charge is 0.322 e. The summed E-state index contributed by atoms with van der Waals surface area (Å²) in [5.41, 5.74) is 2.63. The Morgan fingerprint density at radius 2 is 1.95 bits per heavy atom. The Morgan fingerprint density at radius 3 is 2.73 bits per heavy atom. The van der Waals surface area contributed by atoms with E-state index >= 15 is 0 Å². The molecule has 2 aromatic carbocycles. The number of nitrogens with one attached hydrogen (secondary N) is 1. The van der Waals surface area contributed by atoms with Crippen molar-refractivity contribution in [1.82, 2.24) is 14.7 Å². The first-order chi connectivity index (χ1) is 17.9. The summed E-state index contributed by atoms with van der Waals surface area (Å²) in [4.78, 5) is 33.4. The van der Waals surface area contributed by atoms with E-state index in [0.717, 1.165) is 24.1 Å². The highest BCUT2D eigenvalue weighted by atomic mass is 32.1. The molecule has 3 heterocycles. The number of carbonyl (C=O) groups excluding carboxylic acids is 2. The fraction of sp³-hybridized carbons (Fsp3) is 0.357. The van der Waals surface area contributed by atoms with Crippen LogP contribution in [-0.2, 0) is 11.2 Å². The highest BCUT2D eigenvalue weighted by molar-refractivity contribution is 7.10. The van der Waals surface area contributed by atoms with Gasteiger partial charge in [0, 0.05) is 37.1 Å². The number of nitrogens with zero attached hydrogens (tertiary/aromatic N) is 3. The second-order valence-corrected chi connectivity index (χ2v) is 10.5. The van der Waals surface area contributed by atoms with Gasteiger partial charge < -0.3 is 19.9 Å². The van der Waals surface area contributed by atoms with Crippen molar-refractivity contribution in [1.29, 1.82) is 0 Å². The number of benzene rings is 2. The lowest BCUT2D eigenvalue weighted by Gasteiger charge is -2.41. The SMILES string of the molecule is COc1ccccc1NC(=O)N1CCN(C(=O)CN2CCc3sccc3C2c2cccc(F)c2)CC1C. The van der Waals surface area contributed by atoms with E-state index in [1.807, 2.05) is 30.0 Å². The van der Waals surface area contributed by atoms with Gasteiger partial charge in [-0.25, -0.2) is 9.18 Å². The summed E-state index contributed by atoms with van der Waals surface area (Å²) in [6, 6.07) is 15.5. The molecule has 1 saturated heterocycles. The second kappa shape index (κ2) is 10.9. The van der Waals surface area contributed by atoms with E-state index in [1.165, 1.54) is 10.9 Å². The molecule has 0 saturated carbocycles. The van der Waals surface area contributed by atoms with Crippen LogP contribution in [0.1, 0.15) is 29.0 Å². The lowest BCUT2D eigenvalue weighted by atomic mass is 9.93. The molecule has 5 rings (SSSR count). The normalized spacial score (nSPS) is 19.9. The molecule has 0 spiro atoms. The third-order valence-corrected chi connectivity index (χ3v) is 8.15. The zero-order valence-corrected chi connectivity index (χ0v) is 21.8. The van der Waals surface area contributed by atoms with E-state index in [2.05, 4.69) is 21.7 Å². The van der Waals surface area contributed by atoms with Gasteiger partial charge in [-0.15, -0.1) is 11.3 Å². The van der Waals surface area contributed by atoms with Crippen molar-refractivity contribution >= 4 is 29.0 Å². The van der Waals surface area contributed by atoms with E-state index in [9.17, 15) is 14.0 Å². The van der Waals surface area contributed by atoms with Crippen LogP contribution in [0.3, 0.4) is 0 Å². The van der Waals surface area contributed by atoms with Crippen molar-refractivity contribution in [2.24, 2.45) is 0 Å². The van der Waals surface area contributed by atoms with Gasteiger partial charge in [0.1, 0.15) is 11.6 Å². The number of halogens is 1. The number of para-hydroxylation sites is 2. The number of urea groups is 1. The van der Waals surface area contributed by atoms with Gasteiger partial charge in [-0.1, -0.05) is 24.3 Å². The average molecular weight is 523 g/mol. The van der Waals surface area contributed by atoms with Crippen molar-refractivity contribution in [2.75, 3.05) is 45.2 Å². The Labute approximate surface area is 220 Å². The third-order valence-electron chi connectivity index (χ3n) is 7.16. The van der Waals surface area contributed by atoms with Gasteiger partial charge >= 0.3 is 6.03 Å². The second-order valence-electron chi connectivity index (χ2n) is 9.49. The Hall–Kier alpha value is -3.43. The fourth-order valence-corrected chi connectivity index (χ4v) is 6.20. The number of methoxy groups -OCH3 is 1. The van der Waals surface area contributed by atoms with E-state index in [1.54, 1.807) is 47.6 Å². The zero-order valence-electron chi connectivity index (χ0n) is 21.0. The third kappa shape index (κ3) is 5.33. The fourth-order valence-electron chi connectivity index (χ4n) is 5.30. The van der Waals surface area contributed by atoms with Gasteiger partial charge in [0.2, 0.25) is 5.91 Å². The minimum Gasteiger partial charge on any atom is -0.495 e. The molecule has 0 radical (unpaired) electrons. The maximum atomic E-state index is 14.1. The molecule has 7 nitrogen and oxygen atoms in total. The number of rotatable bonds is 5. The molecule has 194 valence electrons. The number of ether oxygens (including phenoxy) is 1. The van der Waals surface area contributed by atoms with Crippen molar-refractivity contribution in [2.45, 2.75) is 25.4 Å². The van der Waals surface area contributed by atoms with Crippen LogP contribution in [-0.4, -0.2) is 72.5 Å². The molecule has 3 amide bonds. The predicted octanol–water partition coefficient (Wildman–Crippen LogP) is 4.61. The summed E-state index contributed by atoms with van der Waals surface area (Å²) in [6.45, 7) is 4.30. The molecule has 37 heavy (non-hydrogen) atoms. The van der Waals surface area contributed by atoms with Crippen molar-refractivity contribution in [3.05, 3.63) is 81.8 Å². The first kappa shape index (κ1) is 25.2. The van der Waals surface area contributed by atoms with Crippen LogP contribution in [0.25, 0.3) is 0 Å². The molecule has 2 unspecified atom stereocenters. The highest BCUT2D eigenvalue weighted by Gasteiger charge is 2.34. The molecule has 1 aromatic heterocycles. The molecule has 1 N–H and O–H groups in total. The number of hydrogen-bond acceptors (Lipinski definition) is 5. The summed E-state index contributed by atoms with van der Waals surface area (Å²) >= 11 is 1.72. The first-order valence-corrected chi connectivity index (χ1v) is 13.4. The number of anilines is 1. The molecule has 1 fully saturated rings. The summed E-state index contributed by atoms with van der Waals surface area (Å²) in [7, 11) is 1.57. The minimum atomic E-state index is -0.275. The van der Waals surface area contributed by atoms with Gasteiger partial charge in [-0.05, 0) is 60.2 Å². The first-order valence-electron chi connectivity index (χ1n) is 12.5. The topological polar surface area (TPSA) is 65.1 Å². The summed E-state index contributed by atoms with van der Waals surface area (Å²) in [5.74, 6) is 0.347. The van der Waals surface area contributed by atoms with E-state index in [0.29, 0.717) is 31.1 Å². The lowest BCUT2D eigenvalue weighted by Crippen LogP contribution is -2.58. The number of fused-ring (bicyclic) bond motifs is 1. The van der Waals surface area contributed by atoms with Crippen LogP contribution in [0.15, 0.2) is 60.0 Å². The quantitative estimate of drug-likeness (QED) is 0.532. The minimum absolute atomic E-state index is 0.0247. The number of piperazine rings is 1. The van der Waals surface area contributed by atoms with Crippen LogP contribution in [0.4, 0.5) is 14.9 Å². The lowest BCUT2D eigenvalue weighted by molar-refractivity contribution is -0.135. The number of thiophene rings is 1. The Balaban J connectivity index is 1.24. The molecule has 2 aliphatic heterocycles. The monoisotopic (exact) mass is 522 g/mol. The van der Waals surface area contributed by atoms with Gasteiger partial charge in [-0.2, -0.15) is 0 Å². The Bertz CT molecular complexity index is 1280. The van der Waals surface area contributed by atoms with Crippen molar-refractivity contribution < 1.29 is 18.7 Å². The maximum Gasteiger partial charge on any atom is 0.322 e. The van der Waals surface area contributed by atoms with Crippen LogP contribution in [0, 0.1) is 5.82 Å². The molecule has 0 bridgehead atoms. The molecule has 2 atom stereocenters. The summed E-state index contributed by atoms with van der Waals surface area (Å²) in [6.07, 6.45) is 0.874. The molecular formula is C28H31FN4O3S. The van der Waals surface area contributed by atoms with E-state index < -0.39 is 0 Å². The Morgan fingerprint density at radius 1 is 1.11 bits per heavy atom. The van der Waals surface area contributed by atoms with Gasteiger partial charge in [-0.3, -0.25) is 9.69 Å². The van der Waals surface area contributed by atoms with Gasteiger partial charge in [0.05, 0.1) is 25.4 Å². The van der Waals surface area contributed by atoms with Crippen LogP contribution in [0.5, 0.6) is 5.75 Å². The van der Waals surface area contributed by atoms with Crippen LogP contribution >= 0.6 is 11.3 Å². The Kier molecular flexibility index (Phi) is 7.43. The molecular weight excluding hydrogens is 491 g/mol. The number of carbonyl (C=O) groups is 2. The van der Waals surface area contributed by atoms with Gasteiger partial charge in [0.15, 0.2) is 0 Å². The van der Waals surface area contributed by atoms with E-state index in [4.69, 9.17) is 4.74 Å². The largest absolute Gasteiger partial charge is 0.495 e. The highest BCUT2D eigenvalue weighted by Crippen LogP contribution is 2.38. The predicted molar refractivity (Wildman–Crippen MR) is 143 cm³/mol. The van der Waals surface area contributed by atoms with E-state index in [-0.39, 0.29) is 36.4 Å². The maximum absolute atomic E-state index is 14.1. The summed E-state index contributed by atoms with van der Waals surface area (Å²) < 4.78 is 19.4. The standard InChI is InChI=1S/C28H31FN4O3S/c1-19-17-31(13-14-33(19)28(35)30-23-8-3-4-9-24(23)36-2)26(34)18-32-12-10-25-22(11-15-37-25)27(32)20-6-5-7-21(29)16-20/h3-9,11,15-16,19,27H,10,12-14,17-18H2,1-2H3,(H,30,35). The molecule has 2 aliphatic rings. The molecule has 9 heteroatoms. The molecule has 3 aromatic rings. The number of hydrogen-bond donors (Lipinski definition) is 1. The zero-order chi connectivity index (χ0) is 25.9. The van der Waals surface area contributed by atoms with Crippen molar-refractivity contribution in [3.63, 3.8) is 0 Å². The van der Waals surface area contributed by atoms with Crippen molar-refractivity contribution in [3.8, 4) is 5.75 Å². The van der Waals surface area contributed by atoms with Gasteiger partial charge in [0.25, 0.3) is 0 Å². The van der Waals surface area contributed by atoms with Crippen LogP contribution < -0.4 is 10.1 Å². The number of amides is 3.